The summed E-state index contributed by atoms with van der Waals surface area (Å²) in [4.78, 5) is 2.31. The Kier molecular flexibility index (Phi) is 4.99. The first kappa shape index (κ1) is 12.9. The molecule has 0 aromatic heterocycles. The van der Waals surface area contributed by atoms with Gasteiger partial charge in [-0.2, -0.15) is 0 Å². The molecular weight excluding hydrogens is 194 g/mol. The van der Waals surface area contributed by atoms with Gasteiger partial charge >= 0.3 is 0 Å². The first-order chi connectivity index (χ1) is 7.01. The molecule has 4 nitrogen and oxygen atoms in total. The van der Waals surface area contributed by atoms with Crippen molar-refractivity contribution in [1.82, 2.24) is 4.90 Å². The van der Waals surface area contributed by atoms with E-state index in [9.17, 15) is 0 Å². The van der Waals surface area contributed by atoms with E-state index in [2.05, 4.69) is 4.90 Å². The third-order valence-corrected chi connectivity index (χ3v) is 2.22. The quantitative estimate of drug-likeness (QED) is 0.706. The summed E-state index contributed by atoms with van der Waals surface area (Å²) in [5, 5.41) is 0. The molecule has 4 heteroatoms. The number of methoxy groups -OCH3 is 1. The smallest absolute Gasteiger partial charge is 0.170 e. The van der Waals surface area contributed by atoms with Crippen molar-refractivity contribution in [2.75, 3.05) is 40.0 Å². The Hall–Kier alpha value is -0.160. The highest BCUT2D eigenvalue weighted by Gasteiger charge is 2.25. The van der Waals surface area contributed by atoms with Gasteiger partial charge in [-0.25, -0.2) is 0 Å². The molecule has 1 atom stereocenters. The molecule has 0 N–H and O–H groups in total. The normalized spacial score (nSPS) is 24.4. The molecule has 1 aliphatic rings. The van der Waals surface area contributed by atoms with Crippen molar-refractivity contribution in [1.29, 1.82) is 0 Å². The van der Waals surface area contributed by atoms with E-state index < -0.39 is 0 Å². The minimum absolute atomic E-state index is 0.101. The van der Waals surface area contributed by atoms with Crippen LogP contribution in [0.15, 0.2) is 0 Å². The zero-order valence-electron chi connectivity index (χ0n) is 10.3. The topological polar surface area (TPSA) is 30.9 Å². The maximum Gasteiger partial charge on any atom is 0.170 e. The van der Waals surface area contributed by atoms with Gasteiger partial charge in [-0.3, -0.25) is 4.90 Å². The average Bonchev–Trinajstić information content (AvgIpc) is 2.12. The zero-order chi connectivity index (χ0) is 11.3. The van der Waals surface area contributed by atoms with E-state index in [0.717, 1.165) is 32.8 Å². The Morgan fingerprint density at radius 1 is 1.40 bits per heavy atom. The zero-order valence-corrected chi connectivity index (χ0v) is 10.3. The molecule has 1 rings (SSSR count). The Morgan fingerprint density at radius 3 is 2.73 bits per heavy atom. The van der Waals surface area contributed by atoms with E-state index in [-0.39, 0.29) is 11.9 Å². The lowest BCUT2D eigenvalue weighted by atomic mass is 10.2. The van der Waals surface area contributed by atoms with Gasteiger partial charge in [0.1, 0.15) is 0 Å². The molecule has 90 valence electrons. The highest BCUT2D eigenvalue weighted by molar-refractivity contribution is 4.69. The monoisotopic (exact) mass is 217 g/mol. The molecule has 0 aromatic rings. The third kappa shape index (κ3) is 5.47. The van der Waals surface area contributed by atoms with Crippen LogP contribution in [-0.2, 0) is 14.2 Å². The SMILES string of the molecule is COCCN1CCO[C@@H](OC(C)(C)C)C1. The molecule has 1 heterocycles. The standard InChI is InChI=1S/C11H23NO3/c1-11(2,3)15-10-9-12(5-7-13-4)6-8-14-10/h10H,5-9H2,1-4H3/t10-/m0/s1. The molecule has 1 fully saturated rings. The molecule has 0 amide bonds. The first-order valence-corrected chi connectivity index (χ1v) is 5.52. The van der Waals surface area contributed by atoms with Gasteiger partial charge in [-0.15, -0.1) is 0 Å². The predicted octanol–water partition coefficient (Wildman–Crippen LogP) is 1.11. The second kappa shape index (κ2) is 5.80. The summed E-state index contributed by atoms with van der Waals surface area (Å²) in [6, 6.07) is 0. The van der Waals surface area contributed by atoms with Crippen LogP contribution in [0.4, 0.5) is 0 Å². The van der Waals surface area contributed by atoms with Gasteiger partial charge in [0.25, 0.3) is 0 Å². The number of rotatable bonds is 4. The molecule has 0 bridgehead atoms. The Balaban J connectivity index is 2.29. The van der Waals surface area contributed by atoms with Gasteiger partial charge in [0, 0.05) is 26.7 Å². The van der Waals surface area contributed by atoms with E-state index in [1.807, 2.05) is 20.8 Å². The van der Waals surface area contributed by atoms with Crippen LogP contribution >= 0.6 is 0 Å². The molecule has 0 aromatic carbocycles. The van der Waals surface area contributed by atoms with Crippen molar-refractivity contribution in [2.24, 2.45) is 0 Å². The summed E-state index contributed by atoms with van der Waals surface area (Å²) in [6.07, 6.45) is -0.101. The molecule has 1 saturated heterocycles. The van der Waals surface area contributed by atoms with Gasteiger partial charge in [-0.05, 0) is 20.8 Å². The molecule has 0 spiro atoms. The van der Waals surface area contributed by atoms with Crippen molar-refractivity contribution in [3.05, 3.63) is 0 Å². The third-order valence-electron chi connectivity index (χ3n) is 2.22. The van der Waals surface area contributed by atoms with Crippen molar-refractivity contribution < 1.29 is 14.2 Å². The van der Waals surface area contributed by atoms with E-state index in [1.165, 1.54) is 0 Å². The van der Waals surface area contributed by atoms with Crippen LogP contribution in [0.2, 0.25) is 0 Å². The molecule has 0 radical (unpaired) electrons. The molecule has 0 aliphatic carbocycles. The van der Waals surface area contributed by atoms with E-state index in [1.54, 1.807) is 7.11 Å². The number of nitrogens with zero attached hydrogens (tertiary/aromatic N) is 1. The highest BCUT2D eigenvalue weighted by Crippen LogP contribution is 2.15. The molecular formula is C11H23NO3. The van der Waals surface area contributed by atoms with Crippen LogP contribution < -0.4 is 0 Å². The number of hydrogen-bond acceptors (Lipinski definition) is 4. The molecule has 0 saturated carbocycles. The maximum absolute atomic E-state index is 5.78. The van der Waals surface area contributed by atoms with Gasteiger partial charge in [-0.1, -0.05) is 0 Å². The van der Waals surface area contributed by atoms with Gasteiger partial charge in [0.05, 0.1) is 18.8 Å². The van der Waals surface area contributed by atoms with E-state index >= 15 is 0 Å². The predicted molar refractivity (Wildman–Crippen MR) is 58.9 cm³/mol. The second-order valence-electron chi connectivity index (χ2n) is 4.82. The van der Waals surface area contributed by atoms with Crippen LogP contribution in [0.3, 0.4) is 0 Å². The average molecular weight is 217 g/mol. The second-order valence-corrected chi connectivity index (χ2v) is 4.82. The lowest BCUT2D eigenvalue weighted by Crippen LogP contribution is -2.47. The van der Waals surface area contributed by atoms with Gasteiger partial charge in [0.15, 0.2) is 6.29 Å². The van der Waals surface area contributed by atoms with Crippen LogP contribution in [0.1, 0.15) is 20.8 Å². The lowest BCUT2D eigenvalue weighted by Gasteiger charge is -2.35. The Labute approximate surface area is 92.5 Å². The molecule has 0 unspecified atom stereocenters. The van der Waals surface area contributed by atoms with E-state index in [0.29, 0.717) is 0 Å². The largest absolute Gasteiger partial charge is 0.383 e. The maximum atomic E-state index is 5.78. The Morgan fingerprint density at radius 2 is 2.13 bits per heavy atom. The van der Waals surface area contributed by atoms with Crippen LogP contribution in [0.5, 0.6) is 0 Å². The molecule has 15 heavy (non-hydrogen) atoms. The van der Waals surface area contributed by atoms with Crippen LogP contribution in [0, 0.1) is 0 Å². The van der Waals surface area contributed by atoms with Crippen molar-refractivity contribution >= 4 is 0 Å². The van der Waals surface area contributed by atoms with Crippen molar-refractivity contribution in [3.63, 3.8) is 0 Å². The highest BCUT2D eigenvalue weighted by atomic mass is 16.7. The fraction of sp³-hybridized carbons (Fsp3) is 1.00. The minimum Gasteiger partial charge on any atom is -0.383 e. The van der Waals surface area contributed by atoms with Crippen LogP contribution in [0.25, 0.3) is 0 Å². The lowest BCUT2D eigenvalue weighted by molar-refractivity contribution is -0.222. The van der Waals surface area contributed by atoms with Crippen molar-refractivity contribution in [3.8, 4) is 0 Å². The summed E-state index contributed by atoms with van der Waals surface area (Å²) in [7, 11) is 1.73. The summed E-state index contributed by atoms with van der Waals surface area (Å²) in [6.45, 7) is 10.4. The fourth-order valence-corrected chi connectivity index (χ4v) is 1.56. The molecule has 1 aliphatic heterocycles. The summed E-state index contributed by atoms with van der Waals surface area (Å²) in [5.74, 6) is 0. The van der Waals surface area contributed by atoms with Gasteiger partial charge < -0.3 is 14.2 Å². The Bertz CT molecular complexity index is 179. The minimum atomic E-state index is -0.144. The van der Waals surface area contributed by atoms with Crippen molar-refractivity contribution in [2.45, 2.75) is 32.7 Å². The number of hydrogen-bond donors (Lipinski definition) is 0. The fourth-order valence-electron chi connectivity index (χ4n) is 1.56. The first-order valence-electron chi connectivity index (χ1n) is 5.52. The van der Waals surface area contributed by atoms with E-state index in [4.69, 9.17) is 14.2 Å². The summed E-state index contributed by atoms with van der Waals surface area (Å²) in [5.41, 5.74) is -0.144. The summed E-state index contributed by atoms with van der Waals surface area (Å²) >= 11 is 0. The number of ether oxygens (including phenoxy) is 3. The number of morpholine rings is 1. The van der Waals surface area contributed by atoms with Crippen LogP contribution in [-0.4, -0.2) is 56.7 Å². The van der Waals surface area contributed by atoms with Gasteiger partial charge in [0.2, 0.25) is 0 Å². The summed E-state index contributed by atoms with van der Waals surface area (Å²) < 4.78 is 16.4.